The highest BCUT2D eigenvalue weighted by Gasteiger charge is 2.32. The Morgan fingerprint density at radius 3 is 2.29 bits per heavy atom. The van der Waals surface area contributed by atoms with Crippen LogP contribution in [0, 0.1) is 10.1 Å². The minimum atomic E-state index is -4.65. The molecule has 0 unspecified atom stereocenters. The molecule has 0 heterocycles. The number of carbonyl (C=O) groups is 1. The molecule has 0 fully saturated rings. The number of methoxy groups -OCH3 is 1. The molecule has 0 spiro atoms. The molecule has 0 N–H and O–H groups in total. The maximum atomic E-state index is 12.8. The third-order valence-electron chi connectivity index (χ3n) is 3.34. The van der Waals surface area contributed by atoms with E-state index < -0.39 is 32.7 Å². The summed E-state index contributed by atoms with van der Waals surface area (Å²) in [4.78, 5) is 21.6. The second-order valence-corrected chi connectivity index (χ2v) is 6.02. The number of ether oxygens (including phenoxy) is 2. The van der Waals surface area contributed by atoms with Crippen LogP contribution in [-0.2, 0) is 15.7 Å². The van der Waals surface area contributed by atoms with Gasteiger partial charge < -0.3 is 9.47 Å². The molecule has 0 amide bonds. The van der Waals surface area contributed by atoms with Crippen LogP contribution < -0.4 is 4.74 Å². The van der Waals surface area contributed by atoms with E-state index in [1.54, 1.807) is 0 Å². The van der Waals surface area contributed by atoms with Crippen LogP contribution >= 0.6 is 23.2 Å². The number of nitrogens with zero attached hydrogens (tertiary/aromatic N) is 1. The lowest BCUT2D eigenvalue weighted by Crippen LogP contribution is -2.05. The number of esters is 1. The van der Waals surface area contributed by atoms with Crippen molar-refractivity contribution in [2.75, 3.05) is 7.11 Å². The van der Waals surface area contributed by atoms with Gasteiger partial charge in [0.2, 0.25) is 0 Å². The van der Waals surface area contributed by atoms with E-state index >= 15 is 0 Å². The van der Waals surface area contributed by atoms with Crippen LogP contribution in [0.25, 0.3) is 6.08 Å². The van der Waals surface area contributed by atoms with Crippen molar-refractivity contribution < 1.29 is 32.4 Å². The number of nitro groups is 1. The number of nitro benzene ring substituents is 1. The summed E-state index contributed by atoms with van der Waals surface area (Å²) in [5, 5.41) is 10.3. The summed E-state index contributed by atoms with van der Waals surface area (Å²) in [6, 6.07) is 4.79. The van der Waals surface area contributed by atoms with Gasteiger partial charge in [-0.3, -0.25) is 10.1 Å². The first-order valence-corrected chi connectivity index (χ1v) is 8.07. The fourth-order valence-corrected chi connectivity index (χ4v) is 2.62. The van der Waals surface area contributed by atoms with Gasteiger partial charge in [0, 0.05) is 12.1 Å². The molecule has 6 nitrogen and oxygen atoms in total. The summed E-state index contributed by atoms with van der Waals surface area (Å²) in [6.07, 6.45) is -2.55. The number of rotatable bonds is 5. The number of carbonyl (C=O) groups excluding carboxylic acids is 1. The predicted octanol–water partition coefficient (Wildman–Crippen LogP) is 5.90. The molecule has 0 saturated heterocycles. The highest BCUT2D eigenvalue weighted by atomic mass is 35.5. The molecule has 148 valence electrons. The molecular weight excluding hydrogens is 426 g/mol. The first-order valence-electron chi connectivity index (χ1n) is 7.31. The standard InChI is InChI=1S/C17H10Cl2F3NO5/c1-27-15(24)5-2-9-6-11(3-4-14(9)23(25)26)28-16-12(18)7-10(8-13(16)19)17(20,21)22/h2-8H,1H3/b5-2+. The van der Waals surface area contributed by atoms with E-state index in [0.717, 1.165) is 25.3 Å². The first kappa shape index (κ1) is 21.5. The molecule has 0 radical (unpaired) electrons. The molecule has 2 aromatic rings. The maximum absolute atomic E-state index is 12.8. The molecule has 0 saturated carbocycles. The molecule has 0 aliphatic rings. The Morgan fingerprint density at radius 1 is 1.18 bits per heavy atom. The minimum Gasteiger partial charge on any atom is -0.466 e. The van der Waals surface area contributed by atoms with Gasteiger partial charge >= 0.3 is 12.1 Å². The number of halogens is 5. The zero-order valence-corrected chi connectivity index (χ0v) is 15.4. The first-order chi connectivity index (χ1) is 13.0. The van der Waals surface area contributed by atoms with Gasteiger partial charge in [-0.05, 0) is 30.3 Å². The van der Waals surface area contributed by atoms with Crippen LogP contribution in [0.1, 0.15) is 11.1 Å². The largest absolute Gasteiger partial charge is 0.466 e. The number of alkyl halides is 3. The Kier molecular flexibility index (Phi) is 6.52. The van der Waals surface area contributed by atoms with Gasteiger partial charge in [0.05, 0.1) is 33.2 Å². The van der Waals surface area contributed by atoms with Crippen LogP contribution in [0.15, 0.2) is 36.4 Å². The number of hydrogen-bond donors (Lipinski definition) is 0. The van der Waals surface area contributed by atoms with E-state index in [0.29, 0.717) is 12.1 Å². The molecule has 11 heteroatoms. The van der Waals surface area contributed by atoms with Crippen molar-refractivity contribution in [1.82, 2.24) is 0 Å². The van der Waals surface area contributed by atoms with Gasteiger partial charge in [-0.15, -0.1) is 0 Å². The fourth-order valence-electron chi connectivity index (χ4n) is 2.06. The quantitative estimate of drug-likeness (QED) is 0.253. The minimum absolute atomic E-state index is 0.00123. The fraction of sp³-hybridized carbons (Fsp3) is 0.118. The van der Waals surface area contributed by atoms with Gasteiger partial charge in [0.1, 0.15) is 5.75 Å². The van der Waals surface area contributed by atoms with Crippen molar-refractivity contribution in [1.29, 1.82) is 0 Å². The molecule has 0 bridgehead atoms. The predicted molar refractivity (Wildman–Crippen MR) is 95.7 cm³/mol. The molecule has 0 aromatic heterocycles. The van der Waals surface area contributed by atoms with Gasteiger partial charge in [-0.1, -0.05) is 23.2 Å². The van der Waals surface area contributed by atoms with E-state index in [1.807, 2.05) is 0 Å². The van der Waals surface area contributed by atoms with Gasteiger partial charge in [-0.2, -0.15) is 13.2 Å². The van der Waals surface area contributed by atoms with Crippen LogP contribution in [0.5, 0.6) is 11.5 Å². The lowest BCUT2D eigenvalue weighted by Gasteiger charge is -2.13. The van der Waals surface area contributed by atoms with E-state index in [9.17, 15) is 28.1 Å². The zero-order valence-electron chi connectivity index (χ0n) is 13.9. The lowest BCUT2D eigenvalue weighted by atomic mass is 10.1. The normalized spacial score (nSPS) is 11.5. The van der Waals surface area contributed by atoms with Crippen LogP contribution in [0.4, 0.5) is 18.9 Å². The monoisotopic (exact) mass is 435 g/mol. The highest BCUT2D eigenvalue weighted by Crippen LogP contribution is 2.42. The Labute approximate surface area is 166 Å². The van der Waals surface area contributed by atoms with Crippen molar-refractivity contribution >= 4 is 40.9 Å². The van der Waals surface area contributed by atoms with Crippen LogP contribution in [0.2, 0.25) is 10.0 Å². The summed E-state index contributed by atoms with van der Waals surface area (Å²) < 4.78 is 48.2. The van der Waals surface area contributed by atoms with Crippen molar-refractivity contribution in [3.05, 3.63) is 67.7 Å². The summed E-state index contributed by atoms with van der Waals surface area (Å²) in [7, 11) is 1.13. The van der Waals surface area contributed by atoms with Gasteiger partial charge in [-0.25, -0.2) is 4.79 Å². The van der Waals surface area contributed by atoms with Crippen molar-refractivity contribution in [2.24, 2.45) is 0 Å². The van der Waals surface area contributed by atoms with E-state index in [2.05, 4.69) is 4.74 Å². The van der Waals surface area contributed by atoms with Crippen molar-refractivity contribution in [3.63, 3.8) is 0 Å². The molecule has 0 aliphatic heterocycles. The van der Waals surface area contributed by atoms with Crippen molar-refractivity contribution in [3.8, 4) is 11.5 Å². The topological polar surface area (TPSA) is 78.7 Å². The van der Waals surface area contributed by atoms with Gasteiger partial charge in [0.15, 0.2) is 5.75 Å². The molecule has 2 aromatic carbocycles. The van der Waals surface area contributed by atoms with Gasteiger partial charge in [0.25, 0.3) is 5.69 Å². The molecule has 2 rings (SSSR count). The smallest absolute Gasteiger partial charge is 0.416 e. The SMILES string of the molecule is COC(=O)/C=C/c1cc(Oc2c(Cl)cc(C(F)(F)F)cc2Cl)ccc1[N+](=O)[O-]. The summed E-state index contributed by atoms with van der Waals surface area (Å²) in [5.74, 6) is -0.999. The molecule has 0 aliphatic carbocycles. The maximum Gasteiger partial charge on any atom is 0.416 e. The van der Waals surface area contributed by atoms with Crippen LogP contribution in [0.3, 0.4) is 0 Å². The third kappa shape index (κ3) is 5.14. The third-order valence-corrected chi connectivity index (χ3v) is 3.90. The summed E-state index contributed by atoms with van der Waals surface area (Å²) >= 11 is 11.7. The number of benzene rings is 2. The Bertz CT molecular complexity index is 937. The average molecular weight is 436 g/mol. The van der Waals surface area contributed by atoms with E-state index in [1.165, 1.54) is 12.1 Å². The zero-order chi connectivity index (χ0) is 21.1. The Balaban J connectivity index is 2.43. The second-order valence-electron chi connectivity index (χ2n) is 5.20. The lowest BCUT2D eigenvalue weighted by molar-refractivity contribution is -0.385. The average Bonchev–Trinajstić information content (AvgIpc) is 2.61. The number of hydrogen-bond acceptors (Lipinski definition) is 5. The summed E-state index contributed by atoms with van der Waals surface area (Å²) in [5.41, 5.74) is -1.40. The highest BCUT2D eigenvalue weighted by molar-refractivity contribution is 6.37. The van der Waals surface area contributed by atoms with E-state index in [-0.39, 0.29) is 22.7 Å². The summed E-state index contributed by atoms with van der Waals surface area (Å²) in [6.45, 7) is 0. The second kappa shape index (κ2) is 8.49. The van der Waals surface area contributed by atoms with E-state index in [4.69, 9.17) is 27.9 Å². The molecule has 0 atom stereocenters. The van der Waals surface area contributed by atoms with Crippen LogP contribution in [-0.4, -0.2) is 18.0 Å². The Morgan fingerprint density at radius 2 is 1.79 bits per heavy atom. The molecule has 28 heavy (non-hydrogen) atoms. The van der Waals surface area contributed by atoms with Crippen molar-refractivity contribution in [2.45, 2.75) is 6.18 Å². The molecular formula is C17H10Cl2F3NO5. The Hall–Kier alpha value is -2.78.